The Morgan fingerprint density at radius 1 is 1.00 bits per heavy atom. The Kier molecular flexibility index (Phi) is 5.29. The highest BCUT2D eigenvalue weighted by Crippen LogP contribution is 2.26. The molecule has 2 aromatic carbocycles. The predicted octanol–water partition coefficient (Wildman–Crippen LogP) is 3.10. The summed E-state index contributed by atoms with van der Waals surface area (Å²) in [6.07, 6.45) is 1.38. The highest BCUT2D eigenvalue weighted by atomic mass is 32.1. The lowest BCUT2D eigenvalue weighted by Crippen LogP contribution is -2.51. The molecule has 1 aliphatic heterocycles. The summed E-state index contributed by atoms with van der Waals surface area (Å²) in [4.78, 5) is 12.5. The van der Waals surface area contributed by atoms with Crippen molar-refractivity contribution >= 4 is 34.1 Å². The summed E-state index contributed by atoms with van der Waals surface area (Å²) >= 11 is 5.52. The molecule has 4 rings (SSSR count). The first-order valence-electron chi connectivity index (χ1n) is 9.03. The van der Waals surface area contributed by atoms with Crippen LogP contribution >= 0.6 is 12.2 Å². The molecule has 0 saturated carbocycles. The zero-order chi connectivity index (χ0) is 19.5. The molecule has 0 aliphatic carbocycles. The zero-order valence-electron chi connectivity index (χ0n) is 15.1. The molecule has 144 valence electrons. The van der Waals surface area contributed by atoms with E-state index in [2.05, 4.69) is 37.2 Å². The molecule has 0 spiro atoms. The highest BCUT2D eigenvalue weighted by molar-refractivity contribution is 7.80. The fraction of sp³-hybridized carbons (Fsp3) is 0.250. The number of benzene rings is 2. The number of hydrogen-bond donors (Lipinski definition) is 1. The van der Waals surface area contributed by atoms with E-state index >= 15 is 0 Å². The monoisotopic (exact) mass is 399 g/mol. The van der Waals surface area contributed by atoms with Crippen molar-refractivity contribution in [1.82, 2.24) is 20.2 Å². The molecule has 1 aromatic heterocycles. The van der Waals surface area contributed by atoms with E-state index in [1.54, 1.807) is 0 Å². The molecule has 3 aromatic rings. The number of rotatable bonds is 3. The Balaban J connectivity index is 1.41. The van der Waals surface area contributed by atoms with E-state index in [0.29, 0.717) is 41.5 Å². The number of piperazine rings is 1. The maximum absolute atomic E-state index is 13.7. The van der Waals surface area contributed by atoms with Gasteiger partial charge in [-0.05, 0) is 23.8 Å². The first kappa shape index (κ1) is 18.5. The largest absolute Gasteiger partial charge is 0.358 e. The van der Waals surface area contributed by atoms with E-state index in [-0.39, 0.29) is 0 Å². The third-order valence-corrected chi connectivity index (χ3v) is 5.21. The minimum atomic E-state index is -0.906. The number of fused-ring (bicyclic) bond motifs is 1. The van der Waals surface area contributed by atoms with E-state index in [0.717, 1.165) is 19.2 Å². The normalized spacial score (nSPS) is 14.4. The van der Waals surface area contributed by atoms with Crippen LogP contribution in [-0.4, -0.2) is 46.2 Å². The summed E-state index contributed by atoms with van der Waals surface area (Å²) in [5.41, 5.74) is 1.57. The minimum absolute atomic E-state index is 0.395. The summed E-state index contributed by atoms with van der Waals surface area (Å²) in [5.74, 6) is -1.18. The van der Waals surface area contributed by atoms with Crippen LogP contribution in [0.15, 0.2) is 48.8 Å². The van der Waals surface area contributed by atoms with E-state index in [9.17, 15) is 8.78 Å². The van der Waals surface area contributed by atoms with Gasteiger partial charge in [0.25, 0.3) is 0 Å². The lowest BCUT2D eigenvalue weighted by molar-refractivity contribution is 0.379. The second-order valence-corrected chi connectivity index (χ2v) is 6.99. The molecule has 0 unspecified atom stereocenters. The van der Waals surface area contributed by atoms with Gasteiger partial charge in [0.15, 0.2) is 16.7 Å². The lowest BCUT2D eigenvalue weighted by atomic mass is 10.2. The average Bonchev–Trinajstić information content (AvgIpc) is 2.73. The molecule has 1 aliphatic rings. The third-order valence-electron chi connectivity index (χ3n) is 4.81. The summed E-state index contributed by atoms with van der Waals surface area (Å²) in [6.45, 7) is 3.48. The molecular weight excluding hydrogens is 380 g/mol. The smallest absolute Gasteiger partial charge is 0.169 e. The van der Waals surface area contributed by atoms with Crippen molar-refractivity contribution in [3.63, 3.8) is 0 Å². The predicted molar refractivity (Wildman–Crippen MR) is 109 cm³/mol. The Hall–Kier alpha value is -2.87. The molecule has 0 bridgehead atoms. The van der Waals surface area contributed by atoms with Crippen molar-refractivity contribution in [3.8, 4) is 0 Å². The Morgan fingerprint density at radius 2 is 1.71 bits per heavy atom. The molecule has 1 fully saturated rings. The van der Waals surface area contributed by atoms with Gasteiger partial charge in [0.1, 0.15) is 12.1 Å². The molecule has 0 radical (unpaired) electrons. The number of nitrogens with zero attached hydrogens (tertiary/aromatic N) is 4. The van der Waals surface area contributed by atoms with Gasteiger partial charge in [-0.15, -0.1) is 0 Å². The van der Waals surface area contributed by atoms with Gasteiger partial charge in [-0.1, -0.05) is 30.3 Å². The van der Waals surface area contributed by atoms with Gasteiger partial charge in [-0.2, -0.15) is 0 Å². The van der Waals surface area contributed by atoms with Crippen LogP contribution in [0.5, 0.6) is 0 Å². The van der Waals surface area contributed by atoms with Crippen molar-refractivity contribution in [1.29, 1.82) is 0 Å². The van der Waals surface area contributed by atoms with E-state index < -0.39 is 11.6 Å². The van der Waals surface area contributed by atoms with Crippen LogP contribution in [0.25, 0.3) is 10.9 Å². The molecule has 5 nitrogen and oxygen atoms in total. The maximum atomic E-state index is 13.7. The van der Waals surface area contributed by atoms with Crippen LogP contribution in [0.2, 0.25) is 0 Å². The minimum Gasteiger partial charge on any atom is -0.358 e. The molecule has 0 amide bonds. The van der Waals surface area contributed by atoms with E-state index in [1.165, 1.54) is 18.0 Å². The van der Waals surface area contributed by atoms with E-state index in [4.69, 9.17) is 12.2 Å². The molecule has 1 N–H and O–H groups in total. The first-order valence-corrected chi connectivity index (χ1v) is 9.44. The highest BCUT2D eigenvalue weighted by Gasteiger charge is 2.22. The van der Waals surface area contributed by atoms with Crippen molar-refractivity contribution in [2.75, 3.05) is 31.1 Å². The molecule has 8 heteroatoms. The summed E-state index contributed by atoms with van der Waals surface area (Å²) in [7, 11) is 0. The van der Waals surface area contributed by atoms with Crippen LogP contribution < -0.4 is 10.2 Å². The number of thiocarbonyl (C=S) groups is 1. The summed E-state index contributed by atoms with van der Waals surface area (Å²) in [6, 6.07) is 12.4. The van der Waals surface area contributed by atoms with Crippen LogP contribution in [0.3, 0.4) is 0 Å². The maximum Gasteiger partial charge on any atom is 0.169 e. The second-order valence-electron chi connectivity index (χ2n) is 6.60. The van der Waals surface area contributed by atoms with Crippen molar-refractivity contribution in [3.05, 3.63) is 66.0 Å². The fourth-order valence-electron chi connectivity index (χ4n) is 3.30. The van der Waals surface area contributed by atoms with Crippen LogP contribution in [0, 0.1) is 11.6 Å². The molecular formula is C20H19F2N5S. The van der Waals surface area contributed by atoms with Crippen molar-refractivity contribution in [2.24, 2.45) is 0 Å². The standard InChI is InChI=1S/C20H19F2N5S/c21-16-10-15-18(11-17(16)22)24-13-25-19(15)26-6-8-27(9-7-26)20(28)23-12-14-4-2-1-3-5-14/h1-5,10-11,13H,6-9,12H2,(H,23,28). The quantitative estimate of drug-likeness (QED) is 0.683. The van der Waals surface area contributed by atoms with Gasteiger partial charge in [0.05, 0.1) is 5.52 Å². The Bertz CT molecular complexity index is 991. The molecule has 2 heterocycles. The SMILES string of the molecule is Fc1cc2ncnc(N3CCN(C(=S)NCc4ccccc4)CC3)c2cc1F. The number of nitrogens with one attached hydrogen (secondary N) is 1. The Labute approximate surface area is 167 Å². The molecule has 1 saturated heterocycles. The number of anilines is 1. The van der Waals surface area contributed by atoms with Gasteiger partial charge in [-0.25, -0.2) is 18.7 Å². The van der Waals surface area contributed by atoms with Gasteiger partial charge < -0.3 is 15.1 Å². The molecule has 0 atom stereocenters. The van der Waals surface area contributed by atoms with Crippen LogP contribution in [-0.2, 0) is 6.54 Å². The number of aromatic nitrogens is 2. The number of hydrogen-bond acceptors (Lipinski definition) is 4. The van der Waals surface area contributed by atoms with Crippen LogP contribution in [0.4, 0.5) is 14.6 Å². The van der Waals surface area contributed by atoms with Gasteiger partial charge in [0.2, 0.25) is 0 Å². The topological polar surface area (TPSA) is 44.3 Å². The zero-order valence-corrected chi connectivity index (χ0v) is 15.9. The summed E-state index contributed by atoms with van der Waals surface area (Å²) in [5, 5.41) is 4.51. The number of halogens is 2. The molecule has 28 heavy (non-hydrogen) atoms. The first-order chi connectivity index (χ1) is 13.6. The van der Waals surface area contributed by atoms with Gasteiger partial charge >= 0.3 is 0 Å². The second kappa shape index (κ2) is 8.02. The lowest BCUT2D eigenvalue weighted by Gasteiger charge is -2.37. The van der Waals surface area contributed by atoms with E-state index in [1.807, 2.05) is 18.2 Å². The fourth-order valence-corrected chi connectivity index (χ4v) is 3.55. The Morgan fingerprint density at radius 3 is 2.46 bits per heavy atom. The van der Waals surface area contributed by atoms with Gasteiger partial charge in [0, 0.05) is 44.2 Å². The van der Waals surface area contributed by atoms with Crippen LogP contribution in [0.1, 0.15) is 5.56 Å². The van der Waals surface area contributed by atoms with Crippen molar-refractivity contribution < 1.29 is 8.78 Å². The average molecular weight is 399 g/mol. The van der Waals surface area contributed by atoms with Crippen molar-refractivity contribution in [2.45, 2.75) is 6.54 Å². The van der Waals surface area contributed by atoms with Gasteiger partial charge in [-0.3, -0.25) is 0 Å². The third kappa shape index (κ3) is 3.87. The summed E-state index contributed by atoms with van der Waals surface area (Å²) < 4.78 is 27.2.